The van der Waals surface area contributed by atoms with Crippen molar-refractivity contribution in [2.75, 3.05) is 0 Å². The molecule has 3 heterocycles. The highest BCUT2D eigenvalue weighted by Gasteiger charge is 2.29. The highest BCUT2D eigenvalue weighted by Crippen LogP contribution is 2.34. The van der Waals surface area contributed by atoms with Gasteiger partial charge in [0.25, 0.3) is 0 Å². The fraction of sp³-hybridized carbons (Fsp3) is 0.276. The Bertz CT molecular complexity index is 1690. The first kappa shape index (κ1) is 24.6. The van der Waals surface area contributed by atoms with E-state index in [0.29, 0.717) is 23.2 Å². The summed E-state index contributed by atoms with van der Waals surface area (Å²) in [6.07, 6.45) is 1.81. The number of rotatable bonds is 6. The van der Waals surface area contributed by atoms with Crippen LogP contribution in [0.3, 0.4) is 0 Å². The number of hydrogen-bond donors (Lipinski definition) is 1. The number of hydrogen-bond acceptors (Lipinski definition) is 6. The Morgan fingerprint density at radius 1 is 1.16 bits per heavy atom. The summed E-state index contributed by atoms with van der Waals surface area (Å²) in [6.45, 7) is 9.97. The van der Waals surface area contributed by atoms with E-state index in [1.54, 1.807) is 23.5 Å². The molecule has 7 nitrogen and oxygen atoms in total. The number of ether oxygens (including phenoxy) is 1. The number of fused-ring (bicyclic) bond motifs is 2. The third-order valence-electron chi connectivity index (χ3n) is 6.28. The van der Waals surface area contributed by atoms with Crippen LogP contribution in [0.4, 0.5) is 0 Å². The van der Waals surface area contributed by atoms with E-state index in [2.05, 4.69) is 38.3 Å². The average Bonchev–Trinajstić information content (AvgIpc) is 3.55. The third-order valence-corrected chi connectivity index (χ3v) is 7.13. The lowest BCUT2D eigenvalue weighted by molar-refractivity contribution is -0.152. The van der Waals surface area contributed by atoms with E-state index in [0.717, 1.165) is 38.5 Å². The Kier molecular flexibility index (Phi) is 5.84. The number of thiazole rings is 1. The smallest absolute Gasteiger partial charge is 0.347 e. The molecule has 5 rings (SSSR count). The topological polar surface area (TPSA) is 101 Å². The largest absolute Gasteiger partial charge is 0.478 e. The van der Waals surface area contributed by atoms with E-state index in [4.69, 9.17) is 14.1 Å². The quantitative estimate of drug-likeness (QED) is 0.263. The first-order chi connectivity index (χ1) is 17.4. The molecule has 0 aliphatic heterocycles. The van der Waals surface area contributed by atoms with E-state index in [9.17, 15) is 15.2 Å². The van der Waals surface area contributed by atoms with Crippen LogP contribution in [0.15, 0.2) is 58.5 Å². The van der Waals surface area contributed by atoms with Crippen molar-refractivity contribution < 1.29 is 19.1 Å². The zero-order valence-electron chi connectivity index (χ0n) is 21.3. The minimum Gasteiger partial charge on any atom is -0.478 e. The predicted molar refractivity (Wildman–Crippen MR) is 144 cm³/mol. The van der Waals surface area contributed by atoms with Gasteiger partial charge >= 0.3 is 5.97 Å². The second-order valence-electron chi connectivity index (χ2n) is 10.6. The molecule has 1 N–H and O–H groups in total. The number of carboxylic acid groups (broad SMARTS) is 1. The molecule has 37 heavy (non-hydrogen) atoms. The Labute approximate surface area is 218 Å². The van der Waals surface area contributed by atoms with E-state index in [1.807, 2.05) is 35.0 Å². The van der Waals surface area contributed by atoms with Crippen LogP contribution in [0.5, 0.6) is 5.75 Å². The van der Waals surface area contributed by atoms with Crippen LogP contribution in [-0.4, -0.2) is 26.2 Å². The van der Waals surface area contributed by atoms with E-state index < -0.39 is 11.6 Å². The molecule has 0 spiro atoms. The summed E-state index contributed by atoms with van der Waals surface area (Å²) in [5, 5.41) is 23.7. The van der Waals surface area contributed by atoms with E-state index in [-0.39, 0.29) is 5.41 Å². The summed E-state index contributed by atoms with van der Waals surface area (Å²) >= 11 is 1.58. The van der Waals surface area contributed by atoms with Crippen molar-refractivity contribution in [1.82, 2.24) is 9.55 Å². The Morgan fingerprint density at radius 2 is 1.95 bits per heavy atom. The van der Waals surface area contributed by atoms with Crippen LogP contribution in [0.2, 0.25) is 0 Å². The highest BCUT2D eigenvalue weighted by atomic mass is 32.1. The van der Waals surface area contributed by atoms with Crippen molar-refractivity contribution in [2.45, 2.75) is 52.2 Å². The SMILES string of the molecule is CC(C)(Oc1ccc2c(c1)c(C#N)cn2Cc1ccc2oc(-c3nc(C(C)(C)C)cs3)cc2c1)C(=O)O. The number of aliphatic carboxylic acids is 1. The molecule has 0 radical (unpaired) electrons. The lowest BCUT2D eigenvalue weighted by atomic mass is 9.93. The molecule has 0 aliphatic carbocycles. The second-order valence-corrected chi connectivity index (χ2v) is 11.5. The number of nitriles is 1. The van der Waals surface area contributed by atoms with Gasteiger partial charge in [0.1, 0.15) is 17.4 Å². The normalized spacial score (nSPS) is 12.2. The molecule has 2 aromatic carbocycles. The fourth-order valence-electron chi connectivity index (χ4n) is 4.12. The molecule has 3 aromatic heterocycles. The highest BCUT2D eigenvalue weighted by molar-refractivity contribution is 7.13. The molecule has 8 heteroatoms. The van der Waals surface area contributed by atoms with E-state index in [1.165, 1.54) is 13.8 Å². The maximum Gasteiger partial charge on any atom is 0.347 e. The third kappa shape index (κ3) is 4.70. The predicted octanol–water partition coefficient (Wildman–Crippen LogP) is 6.97. The molecule has 0 unspecified atom stereocenters. The van der Waals surface area contributed by atoms with Crippen molar-refractivity contribution in [2.24, 2.45) is 0 Å². The Hall–Kier alpha value is -4.09. The summed E-state index contributed by atoms with van der Waals surface area (Å²) in [5.74, 6) is 0.0916. The zero-order valence-corrected chi connectivity index (χ0v) is 22.1. The Morgan fingerprint density at radius 3 is 2.62 bits per heavy atom. The lowest BCUT2D eigenvalue weighted by Crippen LogP contribution is -2.37. The molecule has 0 saturated heterocycles. The number of carboxylic acids is 1. The van der Waals surface area contributed by atoms with Gasteiger partial charge in [-0.3, -0.25) is 0 Å². The number of carbonyl (C=O) groups is 1. The summed E-state index contributed by atoms with van der Waals surface area (Å²) < 4.78 is 13.8. The van der Waals surface area contributed by atoms with Gasteiger partial charge in [-0.25, -0.2) is 9.78 Å². The first-order valence-electron chi connectivity index (χ1n) is 11.9. The van der Waals surface area contributed by atoms with Crippen molar-refractivity contribution >= 4 is 39.2 Å². The molecule has 0 fully saturated rings. The van der Waals surface area contributed by atoms with Gasteiger partial charge < -0.3 is 18.8 Å². The van der Waals surface area contributed by atoms with Crippen LogP contribution in [0.1, 0.15) is 51.4 Å². The molecule has 0 atom stereocenters. The van der Waals surface area contributed by atoms with Gasteiger partial charge in [0, 0.05) is 39.8 Å². The monoisotopic (exact) mass is 513 g/mol. The standard InChI is InChI=1S/C29H27N3O4S/c1-28(2,3)25-16-37-26(31-25)24-11-18-10-17(6-9-23(18)35-24)14-32-15-19(13-30)21-12-20(7-8-22(21)32)36-29(4,5)27(33)34/h6-12,15-16H,14H2,1-5H3,(H,33,34). The fourth-order valence-corrected chi connectivity index (χ4v) is 5.12. The van der Waals surface area contributed by atoms with Crippen molar-refractivity contribution in [3.05, 3.63) is 70.9 Å². The molecule has 0 bridgehead atoms. The molecular formula is C29H27N3O4S. The van der Waals surface area contributed by atoms with Gasteiger partial charge in [-0.05, 0) is 55.8 Å². The van der Waals surface area contributed by atoms with Crippen molar-refractivity contribution in [1.29, 1.82) is 5.26 Å². The summed E-state index contributed by atoms with van der Waals surface area (Å²) in [6, 6.07) is 15.6. The van der Waals surface area contributed by atoms with Gasteiger partial charge in [-0.15, -0.1) is 11.3 Å². The minimum absolute atomic E-state index is 0.0187. The summed E-state index contributed by atoms with van der Waals surface area (Å²) in [7, 11) is 0. The molecular weight excluding hydrogens is 486 g/mol. The molecule has 5 aromatic rings. The molecule has 0 amide bonds. The molecule has 0 saturated carbocycles. The number of aromatic nitrogens is 2. The van der Waals surface area contributed by atoms with Crippen LogP contribution in [-0.2, 0) is 16.8 Å². The summed E-state index contributed by atoms with van der Waals surface area (Å²) in [4.78, 5) is 16.2. The maximum absolute atomic E-state index is 11.4. The van der Waals surface area contributed by atoms with Gasteiger partial charge in [0.05, 0.1) is 11.3 Å². The van der Waals surface area contributed by atoms with Gasteiger partial charge in [0.2, 0.25) is 0 Å². The average molecular weight is 514 g/mol. The number of furan rings is 1. The van der Waals surface area contributed by atoms with Crippen molar-refractivity contribution in [3.8, 4) is 22.6 Å². The zero-order chi connectivity index (χ0) is 26.5. The van der Waals surface area contributed by atoms with Crippen molar-refractivity contribution in [3.63, 3.8) is 0 Å². The summed E-state index contributed by atoms with van der Waals surface area (Å²) in [5.41, 5.74) is 2.86. The van der Waals surface area contributed by atoms with Crippen LogP contribution in [0.25, 0.3) is 32.6 Å². The number of benzene rings is 2. The Balaban J connectivity index is 1.45. The minimum atomic E-state index is -1.38. The van der Waals surface area contributed by atoms with Crippen LogP contribution >= 0.6 is 11.3 Å². The lowest BCUT2D eigenvalue weighted by Gasteiger charge is -2.21. The number of nitrogens with zero attached hydrogens (tertiary/aromatic N) is 3. The van der Waals surface area contributed by atoms with Crippen LogP contribution < -0.4 is 4.74 Å². The van der Waals surface area contributed by atoms with Gasteiger partial charge in [-0.1, -0.05) is 26.8 Å². The van der Waals surface area contributed by atoms with E-state index >= 15 is 0 Å². The second kappa shape index (κ2) is 8.79. The van der Waals surface area contributed by atoms with Crippen LogP contribution in [0, 0.1) is 11.3 Å². The first-order valence-corrected chi connectivity index (χ1v) is 12.8. The van der Waals surface area contributed by atoms with Gasteiger partial charge in [-0.2, -0.15) is 5.26 Å². The van der Waals surface area contributed by atoms with Gasteiger partial charge in [0.15, 0.2) is 16.4 Å². The molecule has 188 valence electrons. The maximum atomic E-state index is 11.4. The molecule has 0 aliphatic rings.